The maximum atomic E-state index is 10.5. The number of carboxylic acid groups (broad SMARTS) is 6. The number of para-hydroxylation sites is 6. The topological polar surface area (TPSA) is 279 Å². The summed E-state index contributed by atoms with van der Waals surface area (Å²) in [5, 5.41) is 51.7. The fourth-order valence-electron chi connectivity index (χ4n) is 4.93. The summed E-state index contributed by atoms with van der Waals surface area (Å²) >= 11 is 0. The van der Waals surface area contributed by atoms with E-state index in [2.05, 4.69) is 0 Å². The van der Waals surface area contributed by atoms with E-state index in [1.54, 1.807) is 109 Å². The van der Waals surface area contributed by atoms with E-state index in [9.17, 15) is 28.8 Å². The fourth-order valence-corrected chi connectivity index (χ4v) is 4.93. The van der Waals surface area contributed by atoms with Gasteiger partial charge in [0, 0.05) is 71.3 Å². The van der Waals surface area contributed by atoms with Gasteiger partial charge in [-0.05, 0) is 72.8 Å². The van der Waals surface area contributed by atoms with Crippen LogP contribution >= 0.6 is 0 Å². The van der Waals surface area contributed by atoms with Crippen LogP contribution in [0.15, 0.2) is 146 Å². The van der Waals surface area contributed by atoms with Crippen molar-refractivity contribution in [2.75, 3.05) is 42.7 Å². The summed E-state index contributed by atoms with van der Waals surface area (Å²) in [6.07, 6.45) is 0. The molecule has 0 spiro atoms. The van der Waals surface area contributed by atoms with Crippen LogP contribution in [0.25, 0.3) is 0 Å². The Balaban J connectivity index is 0. The number of benzene rings is 6. The number of aromatic carboxylic acids is 6. The van der Waals surface area contributed by atoms with E-state index >= 15 is 0 Å². The van der Waals surface area contributed by atoms with Crippen LogP contribution in [0.4, 0.5) is 0 Å². The minimum Gasteiger partial charge on any atom is -0.496 e. The summed E-state index contributed by atoms with van der Waals surface area (Å²) in [6, 6.07) is 39.0. The van der Waals surface area contributed by atoms with Gasteiger partial charge >= 0.3 is 35.8 Å². The van der Waals surface area contributed by atoms with Crippen LogP contribution < -0.4 is 28.4 Å². The molecule has 6 rings (SSSR count). The van der Waals surface area contributed by atoms with Crippen LogP contribution in [-0.2, 0) is 32.7 Å². The zero-order chi connectivity index (χ0) is 49.6. The largest absolute Gasteiger partial charge is 0.496 e. The molecule has 0 aliphatic rings. The molecular weight excluding hydrogens is 1110 g/mol. The minimum atomic E-state index is -0.970. The number of hydrogen-bond donors (Lipinski definition) is 6. The van der Waals surface area contributed by atoms with Crippen molar-refractivity contribution < 1.29 is 159 Å². The van der Waals surface area contributed by atoms with Gasteiger partial charge in [-0.15, -0.1) is 0 Å². The van der Waals surface area contributed by atoms with Crippen LogP contribution in [0.3, 0.4) is 0 Å². The molecule has 18 nitrogen and oxygen atoms in total. The summed E-state index contributed by atoms with van der Waals surface area (Å²) in [4.78, 5) is 63.0. The van der Waals surface area contributed by atoms with E-state index in [1.807, 2.05) is 0 Å². The molecule has 0 saturated heterocycles. The van der Waals surface area contributed by atoms with Crippen LogP contribution in [0.5, 0.6) is 34.5 Å². The molecular formula is C48H48O18TbY. The Morgan fingerprint density at radius 2 is 0.368 bits per heavy atom. The Kier molecular flexibility index (Phi) is 33.1. The molecule has 0 heterocycles. The van der Waals surface area contributed by atoms with Gasteiger partial charge < -0.3 is 59.1 Å². The molecule has 360 valence electrons. The molecule has 6 aromatic rings. The quantitative estimate of drug-likeness (QED) is 0.0671. The van der Waals surface area contributed by atoms with Crippen molar-refractivity contribution in [2.24, 2.45) is 0 Å². The van der Waals surface area contributed by atoms with Crippen LogP contribution in [-0.4, -0.2) is 109 Å². The molecule has 0 aliphatic carbocycles. The van der Waals surface area contributed by atoms with Crippen molar-refractivity contribution in [3.05, 3.63) is 179 Å². The van der Waals surface area contributed by atoms with E-state index in [0.29, 0.717) is 34.5 Å². The maximum absolute atomic E-state index is 10.5. The van der Waals surface area contributed by atoms with Crippen LogP contribution in [0.2, 0.25) is 0 Å². The monoisotopic (exact) mass is 1160 g/mol. The third kappa shape index (κ3) is 22.2. The second-order valence-electron chi connectivity index (χ2n) is 12.0. The van der Waals surface area contributed by atoms with E-state index in [1.165, 1.54) is 79.1 Å². The Morgan fingerprint density at radius 1 is 0.265 bits per heavy atom. The Morgan fingerprint density at radius 3 is 0.441 bits per heavy atom. The minimum absolute atomic E-state index is 0. The van der Waals surface area contributed by atoms with Gasteiger partial charge in [0.1, 0.15) is 67.9 Å². The SMILES string of the molecule is COc1ccccc1C(=O)O.COc1ccccc1C(=O)O.COc1ccccc1C(=O)O.COc1ccccc1C(=O)O.COc1ccccc1C(=O)O.COc1ccccc1C(=O)O.[Tb].[Y]. The first-order chi connectivity index (χ1) is 31.5. The molecule has 0 saturated carbocycles. The average Bonchev–Trinajstić information content (AvgIpc) is 3.34. The Bertz CT molecular complexity index is 2070. The summed E-state index contributed by atoms with van der Waals surface area (Å²) < 4.78 is 29.0. The van der Waals surface area contributed by atoms with Gasteiger partial charge in [-0.1, -0.05) is 72.8 Å². The van der Waals surface area contributed by atoms with Gasteiger partial charge in [-0.2, -0.15) is 0 Å². The van der Waals surface area contributed by atoms with E-state index in [4.69, 9.17) is 59.1 Å². The number of rotatable bonds is 12. The van der Waals surface area contributed by atoms with Crippen molar-refractivity contribution in [2.45, 2.75) is 0 Å². The van der Waals surface area contributed by atoms with E-state index < -0.39 is 35.8 Å². The maximum Gasteiger partial charge on any atom is 0.339 e. The molecule has 0 fully saturated rings. The zero-order valence-electron chi connectivity index (χ0n) is 37.3. The number of hydrogen-bond acceptors (Lipinski definition) is 12. The summed E-state index contributed by atoms with van der Waals surface area (Å²) in [5.41, 5.74) is 1.14. The van der Waals surface area contributed by atoms with Crippen molar-refractivity contribution in [1.29, 1.82) is 0 Å². The predicted molar refractivity (Wildman–Crippen MR) is 240 cm³/mol. The van der Waals surface area contributed by atoms with Crippen LogP contribution in [0.1, 0.15) is 62.1 Å². The normalized spacial score (nSPS) is 8.91. The molecule has 0 atom stereocenters. The molecule has 68 heavy (non-hydrogen) atoms. The molecule has 0 amide bonds. The molecule has 0 unspecified atom stereocenters. The molecule has 2 radical (unpaired) electrons. The molecule has 0 aromatic heterocycles. The average molecular weight is 1160 g/mol. The van der Waals surface area contributed by atoms with Crippen molar-refractivity contribution in [1.82, 2.24) is 0 Å². The standard InChI is InChI=1S/6C8H8O3.Tb.Y/c6*1-11-7-5-3-2-4-6(7)8(9)10;;/h6*2-5H,1H3,(H,9,10);;. The molecule has 6 N–H and O–H groups in total. The number of carboxylic acids is 6. The third-order valence-electron chi connectivity index (χ3n) is 8.02. The molecule has 0 bridgehead atoms. The third-order valence-corrected chi connectivity index (χ3v) is 8.02. The van der Waals surface area contributed by atoms with E-state index in [-0.39, 0.29) is 105 Å². The second-order valence-corrected chi connectivity index (χ2v) is 12.0. The number of ether oxygens (including phenoxy) is 6. The van der Waals surface area contributed by atoms with Gasteiger partial charge in [0.25, 0.3) is 0 Å². The number of methoxy groups -OCH3 is 6. The first-order valence-corrected chi connectivity index (χ1v) is 18.7. The van der Waals surface area contributed by atoms with Gasteiger partial charge in [0.05, 0.1) is 42.7 Å². The van der Waals surface area contributed by atoms with Crippen molar-refractivity contribution >= 4 is 35.8 Å². The fraction of sp³-hybridized carbons (Fsp3) is 0.125. The summed E-state index contributed by atoms with van der Waals surface area (Å²) in [7, 11) is 8.68. The van der Waals surface area contributed by atoms with Crippen molar-refractivity contribution in [3.8, 4) is 34.5 Å². The zero-order valence-corrected chi connectivity index (χ0v) is 42.3. The van der Waals surface area contributed by atoms with Gasteiger partial charge in [0.15, 0.2) is 0 Å². The summed E-state index contributed by atoms with van der Waals surface area (Å²) in [5.74, 6) is -3.49. The predicted octanol–water partition coefficient (Wildman–Crippen LogP) is 8.36. The van der Waals surface area contributed by atoms with Crippen LogP contribution in [0, 0.1) is 38.6 Å². The number of carbonyl (C=O) groups is 6. The van der Waals surface area contributed by atoms with Crippen molar-refractivity contribution in [3.63, 3.8) is 0 Å². The first-order valence-electron chi connectivity index (χ1n) is 18.7. The van der Waals surface area contributed by atoms with Gasteiger partial charge in [-0.25, -0.2) is 28.8 Å². The molecule has 6 aromatic carbocycles. The summed E-state index contributed by atoms with van der Waals surface area (Å²) in [6.45, 7) is 0. The molecule has 20 heteroatoms. The first kappa shape index (κ1) is 63.4. The van der Waals surface area contributed by atoms with Gasteiger partial charge in [-0.3, -0.25) is 0 Å². The van der Waals surface area contributed by atoms with E-state index in [0.717, 1.165) is 0 Å². The smallest absolute Gasteiger partial charge is 0.339 e. The second kappa shape index (κ2) is 35.5. The van der Waals surface area contributed by atoms with Gasteiger partial charge in [0.2, 0.25) is 0 Å². The Labute approximate surface area is 447 Å². The molecule has 0 aliphatic heterocycles. The Hall–Kier alpha value is -6.67.